The number of benzene rings is 1. The van der Waals surface area contributed by atoms with Crippen LogP contribution in [0, 0.1) is 23.6 Å². The molecule has 8 nitrogen and oxygen atoms in total. The van der Waals surface area contributed by atoms with Crippen molar-refractivity contribution in [1.29, 1.82) is 0 Å². The lowest BCUT2D eigenvalue weighted by Gasteiger charge is -2.33. The monoisotopic (exact) mass is 554 g/mol. The van der Waals surface area contributed by atoms with Crippen LogP contribution in [0.15, 0.2) is 24.4 Å². The van der Waals surface area contributed by atoms with Crippen molar-refractivity contribution in [2.75, 3.05) is 32.6 Å². The summed E-state index contributed by atoms with van der Waals surface area (Å²) >= 11 is 1.40. The third kappa shape index (κ3) is 5.63. The number of carbonyl (C=O) groups is 1. The average Bonchev–Trinajstić information content (AvgIpc) is 3.24. The van der Waals surface area contributed by atoms with Gasteiger partial charge in [-0.25, -0.2) is 14.4 Å². The van der Waals surface area contributed by atoms with Crippen LogP contribution in [0.4, 0.5) is 28.9 Å². The lowest BCUT2D eigenvalue weighted by atomic mass is 9.94. The number of nitroso groups, excluding NO2 is 1. The molecule has 1 saturated heterocycles. The van der Waals surface area contributed by atoms with E-state index in [2.05, 4.69) is 15.3 Å². The Balaban J connectivity index is 1.64. The molecule has 0 saturated carbocycles. The zero-order valence-electron chi connectivity index (χ0n) is 21.3. The summed E-state index contributed by atoms with van der Waals surface area (Å²) in [5, 5.41) is 3.71. The Hall–Kier alpha value is -3.19. The minimum Gasteiger partial charge on any atom is -0.377 e. The molecule has 0 radical (unpaired) electrons. The molecule has 13 heteroatoms. The molecule has 204 valence electrons. The molecule has 2 atom stereocenters. The normalized spacial score (nSPS) is 16.5. The van der Waals surface area contributed by atoms with Crippen molar-refractivity contribution in [2.24, 2.45) is 5.92 Å². The molecule has 1 fully saturated rings. The lowest BCUT2D eigenvalue weighted by Crippen LogP contribution is -2.44. The van der Waals surface area contributed by atoms with Gasteiger partial charge in [0, 0.05) is 37.5 Å². The third-order valence-electron chi connectivity index (χ3n) is 6.76. The topological polar surface area (TPSA) is 87.4 Å². The Bertz CT molecular complexity index is 1350. The SMILES string of the molecule is COC(C)c1c(Nc2ccc([C@H](N(C)C(=O)C3CC[N+](=O)CC3)C(F)(F)F)cc2F)cnc2sc(C)nc12. The molecular weight excluding hydrogens is 526 g/mol. The summed E-state index contributed by atoms with van der Waals surface area (Å²) in [6, 6.07) is 0.786. The molecule has 3 heterocycles. The van der Waals surface area contributed by atoms with E-state index in [1.54, 1.807) is 6.92 Å². The van der Waals surface area contributed by atoms with Gasteiger partial charge in [-0.15, -0.1) is 0 Å². The second kappa shape index (κ2) is 10.9. The highest BCUT2D eigenvalue weighted by molar-refractivity contribution is 7.18. The van der Waals surface area contributed by atoms with Gasteiger partial charge in [-0.3, -0.25) is 4.79 Å². The highest BCUT2D eigenvalue weighted by Gasteiger charge is 2.47. The van der Waals surface area contributed by atoms with E-state index in [-0.39, 0.29) is 31.6 Å². The highest BCUT2D eigenvalue weighted by atomic mass is 32.1. The van der Waals surface area contributed by atoms with Crippen LogP contribution >= 0.6 is 11.3 Å². The van der Waals surface area contributed by atoms with Crippen LogP contribution < -0.4 is 5.32 Å². The number of nitrogens with zero attached hydrogens (tertiary/aromatic N) is 4. The maximum absolute atomic E-state index is 15.2. The molecule has 0 bridgehead atoms. The van der Waals surface area contributed by atoms with Crippen molar-refractivity contribution in [3.63, 3.8) is 0 Å². The fourth-order valence-electron chi connectivity index (χ4n) is 4.73. The zero-order valence-corrected chi connectivity index (χ0v) is 22.1. The second-order valence-electron chi connectivity index (χ2n) is 9.31. The fourth-order valence-corrected chi connectivity index (χ4v) is 5.50. The van der Waals surface area contributed by atoms with E-state index in [9.17, 15) is 22.9 Å². The molecule has 0 spiro atoms. The number of alkyl halides is 3. The van der Waals surface area contributed by atoms with E-state index in [0.29, 0.717) is 26.5 Å². The first-order valence-electron chi connectivity index (χ1n) is 12.0. The number of amides is 1. The predicted molar refractivity (Wildman–Crippen MR) is 135 cm³/mol. The highest BCUT2D eigenvalue weighted by Crippen LogP contribution is 2.40. The third-order valence-corrected chi connectivity index (χ3v) is 7.64. The quantitative estimate of drug-likeness (QED) is 0.292. The molecule has 1 aliphatic rings. The number of hydrogen-bond donors (Lipinski definition) is 1. The number of anilines is 2. The molecule has 1 N–H and O–H groups in total. The van der Waals surface area contributed by atoms with E-state index < -0.39 is 41.5 Å². The average molecular weight is 555 g/mol. The predicted octanol–water partition coefficient (Wildman–Crippen LogP) is 5.84. The summed E-state index contributed by atoms with van der Waals surface area (Å²) in [5.74, 6) is -2.35. The van der Waals surface area contributed by atoms with Gasteiger partial charge in [-0.1, -0.05) is 17.4 Å². The van der Waals surface area contributed by atoms with Crippen LogP contribution in [0.2, 0.25) is 0 Å². The summed E-state index contributed by atoms with van der Waals surface area (Å²) in [7, 11) is 2.58. The number of aryl methyl sites for hydroxylation is 1. The van der Waals surface area contributed by atoms with Gasteiger partial charge in [0.15, 0.2) is 19.1 Å². The number of rotatable bonds is 7. The van der Waals surface area contributed by atoms with Gasteiger partial charge in [-0.05, 0) is 36.3 Å². The van der Waals surface area contributed by atoms with Crippen LogP contribution in [0.5, 0.6) is 0 Å². The smallest absolute Gasteiger partial charge is 0.377 e. The number of pyridine rings is 1. The van der Waals surface area contributed by atoms with Crippen molar-refractivity contribution in [2.45, 2.75) is 45.0 Å². The number of methoxy groups -OCH3 is 1. The van der Waals surface area contributed by atoms with Crippen molar-refractivity contribution in [1.82, 2.24) is 14.9 Å². The number of nitrogens with one attached hydrogen (secondary N) is 1. The Morgan fingerprint density at radius 1 is 1.26 bits per heavy atom. The van der Waals surface area contributed by atoms with Gasteiger partial charge < -0.3 is 15.0 Å². The standard InChI is InChI=1S/C25H28F4N5O3S/c1-13(37-4)20-19(12-30-23-21(20)31-14(2)38-23)32-18-6-5-16(11-17(18)26)22(25(27,28)29)33(3)24(35)15-7-9-34(36)10-8-15/h5-6,11-13,15,22,32H,7-10H2,1-4H3/q+1/t13?,22-/m0/s1. The van der Waals surface area contributed by atoms with Gasteiger partial charge in [-0.2, -0.15) is 13.2 Å². The number of fused-ring (bicyclic) bond motifs is 1. The number of piperidine rings is 1. The Morgan fingerprint density at radius 3 is 2.55 bits per heavy atom. The van der Waals surface area contributed by atoms with Crippen molar-refractivity contribution >= 4 is 39.0 Å². The summed E-state index contributed by atoms with van der Waals surface area (Å²) in [6.07, 6.45) is -3.41. The minimum atomic E-state index is -4.84. The molecule has 1 aromatic carbocycles. The number of carbonyl (C=O) groups excluding carboxylic acids is 1. The molecule has 0 aliphatic carbocycles. The Labute approximate surface area is 220 Å². The molecule has 1 unspecified atom stereocenters. The Morgan fingerprint density at radius 2 is 1.95 bits per heavy atom. The lowest BCUT2D eigenvalue weighted by molar-refractivity contribution is -0.560. The van der Waals surface area contributed by atoms with Gasteiger partial charge in [0.2, 0.25) is 5.91 Å². The fraction of sp³-hybridized carbons (Fsp3) is 0.480. The van der Waals surface area contributed by atoms with Crippen LogP contribution in [0.1, 0.15) is 48.0 Å². The van der Waals surface area contributed by atoms with Gasteiger partial charge in [0.1, 0.15) is 16.2 Å². The molecular formula is C25H28F4N5O3S+. The van der Waals surface area contributed by atoms with Gasteiger partial charge >= 0.3 is 6.18 Å². The van der Waals surface area contributed by atoms with E-state index in [4.69, 9.17) is 4.74 Å². The van der Waals surface area contributed by atoms with Gasteiger partial charge in [0.25, 0.3) is 0 Å². The first kappa shape index (κ1) is 27.8. The molecule has 1 aliphatic heterocycles. The maximum atomic E-state index is 15.2. The molecule has 4 rings (SSSR count). The van der Waals surface area contributed by atoms with E-state index in [1.165, 1.54) is 30.7 Å². The Kier molecular flexibility index (Phi) is 7.98. The van der Waals surface area contributed by atoms with E-state index >= 15 is 4.39 Å². The number of hydrogen-bond acceptors (Lipinski definition) is 7. The molecule has 2 aromatic heterocycles. The molecule has 1 amide bonds. The van der Waals surface area contributed by atoms with Crippen molar-refractivity contribution in [3.05, 3.63) is 51.3 Å². The second-order valence-corrected chi connectivity index (χ2v) is 10.5. The van der Waals surface area contributed by atoms with Gasteiger partial charge in [0.05, 0.1) is 34.6 Å². The summed E-state index contributed by atoms with van der Waals surface area (Å²) in [4.78, 5) is 34.5. The summed E-state index contributed by atoms with van der Waals surface area (Å²) < 4.78 is 63.9. The maximum Gasteiger partial charge on any atom is 0.413 e. The molecule has 3 aromatic rings. The number of ether oxygens (including phenoxy) is 1. The van der Waals surface area contributed by atoms with Crippen molar-refractivity contribution < 1.29 is 31.9 Å². The van der Waals surface area contributed by atoms with E-state index in [1.807, 2.05) is 6.92 Å². The van der Waals surface area contributed by atoms with Crippen LogP contribution in [0.25, 0.3) is 10.3 Å². The number of thiazole rings is 1. The first-order valence-corrected chi connectivity index (χ1v) is 12.8. The number of aromatic nitrogens is 2. The molecule has 38 heavy (non-hydrogen) atoms. The minimum absolute atomic E-state index is 0.0656. The summed E-state index contributed by atoms with van der Waals surface area (Å²) in [5.41, 5.74) is 1.18. The summed E-state index contributed by atoms with van der Waals surface area (Å²) in [6.45, 7) is 3.81. The van der Waals surface area contributed by atoms with E-state index in [0.717, 1.165) is 28.9 Å². The van der Waals surface area contributed by atoms with Crippen molar-refractivity contribution in [3.8, 4) is 0 Å². The number of halogens is 4. The van der Waals surface area contributed by atoms with Crippen LogP contribution in [0.3, 0.4) is 0 Å². The first-order chi connectivity index (χ1) is 17.9. The zero-order chi connectivity index (χ0) is 27.8. The van der Waals surface area contributed by atoms with Crippen LogP contribution in [-0.2, 0) is 9.53 Å². The van der Waals surface area contributed by atoms with Crippen LogP contribution in [-0.4, -0.2) is 59.0 Å². The largest absolute Gasteiger partial charge is 0.413 e.